The molecule has 0 spiro atoms. The van der Waals surface area contributed by atoms with Crippen LogP contribution in [-0.2, 0) is 0 Å². The zero-order chi connectivity index (χ0) is 15.9. The van der Waals surface area contributed by atoms with Gasteiger partial charge in [0.2, 0.25) is 0 Å². The summed E-state index contributed by atoms with van der Waals surface area (Å²) in [5.74, 6) is -0.127. The van der Waals surface area contributed by atoms with E-state index < -0.39 is 0 Å². The monoisotopic (exact) mass is 296 g/mol. The first-order valence-electron chi connectivity index (χ1n) is 7.26. The Hall–Kier alpha value is -2.49. The van der Waals surface area contributed by atoms with Crippen LogP contribution < -0.4 is 0 Å². The predicted octanol–water partition coefficient (Wildman–Crippen LogP) is 4.38. The van der Waals surface area contributed by atoms with Crippen LogP contribution >= 0.6 is 0 Å². The molecule has 3 rings (SSSR count). The molecule has 112 valence electrons. The Morgan fingerprint density at radius 3 is 2.41 bits per heavy atom. The molecule has 3 nitrogen and oxygen atoms in total. The normalized spacial score (nSPS) is 11.3. The molecule has 2 heterocycles. The number of fused-ring (bicyclic) bond motifs is 1. The van der Waals surface area contributed by atoms with Gasteiger partial charge in [-0.1, -0.05) is 13.8 Å². The Balaban J connectivity index is 2.40. The second-order valence-corrected chi connectivity index (χ2v) is 5.73. The standard InChI is InChI=1S/C18H17FN2O/c1-11(2)17-15(10-22)18(13-5-7-14(19)8-6-13)20-21-12(3)4-9-16(17)21/h4-11H,1-3H3. The van der Waals surface area contributed by atoms with E-state index in [1.54, 1.807) is 12.1 Å². The van der Waals surface area contributed by atoms with Crippen molar-refractivity contribution in [3.8, 4) is 11.3 Å². The molecule has 0 saturated heterocycles. The summed E-state index contributed by atoms with van der Waals surface area (Å²) in [6.45, 7) is 6.08. The summed E-state index contributed by atoms with van der Waals surface area (Å²) in [7, 11) is 0. The van der Waals surface area contributed by atoms with E-state index in [0.29, 0.717) is 11.3 Å². The highest BCUT2D eigenvalue weighted by molar-refractivity contribution is 5.90. The van der Waals surface area contributed by atoms with Crippen molar-refractivity contribution in [2.45, 2.75) is 26.7 Å². The molecule has 0 aliphatic carbocycles. The minimum atomic E-state index is -0.307. The average molecular weight is 296 g/mol. The minimum absolute atomic E-state index is 0.180. The number of carbonyl (C=O) groups is 1. The van der Waals surface area contributed by atoms with Gasteiger partial charge in [0.15, 0.2) is 6.29 Å². The number of aldehydes is 1. The predicted molar refractivity (Wildman–Crippen MR) is 84.8 cm³/mol. The lowest BCUT2D eigenvalue weighted by Gasteiger charge is -2.16. The van der Waals surface area contributed by atoms with Crippen molar-refractivity contribution >= 4 is 11.8 Å². The van der Waals surface area contributed by atoms with Crippen LogP contribution in [0.5, 0.6) is 0 Å². The van der Waals surface area contributed by atoms with Crippen molar-refractivity contribution in [1.82, 2.24) is 9.61 Å². The number of halogens is 1. The van der Waals surface area contributed by atoms with Crippen molar-refractivity contribution in [3.05, 3.63) is 59.0 Å². The molecule has 22 heavy (non-hydrogen) atoms. The number of hydrogen-bond donors (Lipinski definition) is 0. The van der Waals surface area contributed by atoms with Gasteiger partial charge in [-0.05, 0) is 54.8 Å². The van der Waals surface area contributed by atoms with Crippen LogP contribution in [0.15, 0.2) is 36.4 Å². The SMILES string of the molecule is Cc1ccc2c(C(C)C)c(C=O)c(-c3ccc(F)cc3)nn12. The zero-order valence-electron chi connectivity index (χ0n) is 12.8. The van der Waals surface area contributed by atoms with Crippen molar-refractivity contribution < 1.29 is 9.18 Å². The van der Waals surface area contributed by atoms with Crippen molar-refractivity contribution in [2.75, 3.05) is 0 Å². The summed E-state index contributed by atoms with van der Waals surface area (Å²) in [4.78, 5) is 11.7. The highest BCUT2D eigenvalue weighted by Gasteiger charge is 2.19. The zero-order valence-corrected chi connectivity index (χ0v) is 12.8. The van der Waals surface area contributed by atoms with Crippen LogP contribution in [0.3, 0.4) is 0 Å². The lowest BCUT2D eigenvalue weighted by Crippen LogP contribution is -2.07. The number of hydrogen-bond acceptors (Lipinski definition) is 2. The first-order chi connectivity index (χ1) is 10.5. The number of aromatic nitrogens is 2. The van der Waals surface area contributed by atoms with Crippen molar-refractivity contribution in [3.63, 3.8) is 0 Å². The van der Waals surface area contributed by atoms with E-state index in [0.717, 1.165) is 28.6 Å². The maximum atomic E-state index is 13.2. The van der Waals surface area contributed by atoms with Gasteiger partial charge in [-0.3, -0.25) is 4.79 Å². The molecule has 1 aromatic carbocycles. The number of benzene rings is 1. The molecule has 0 aliphatic rings. The number of carbonyl (C=O) groups excluding carboxylic acids is 1. The molecule has 4 heteroatoms. The molecule has 3 aromatic rings. The van der Waals surface area contributed by atoms with Crippen molar-refractivity contribution in [2.24, 2.45) is 0 Å². The molecule has 0 bridgehead atoms. The molecular weight excluding hydrogens is 279 g/mol. The third kappa shape index (κ3) is 2.21. The highest BCUT2D eigenvalue weighted by atomic mass is 19.1. The van der Waals surface area contributed by atoms with E-state index in [4.69, 9.17) is 0 Å². The number of nitrogens with zero attached hydrogens (tertiary/aromatic N) is 2. The van der Waals surface area contributed by atoms with Crippen LogP contribution in [0.1, 0.15) is 41.4 Å². The maximum Gasteiger partial charge on any atom is 0.152 e. The van der Waals surface area contributed by atoms with Gasteiger partial charge < -0.3 is 0 Å². The van der Waals surface area contributed by atoms with E-state index in [1.807, 2.05) is 23.6 Å². The van der Waals surface area contributed by atoms with Crippen molar-refractivity contribution in [1.29, 1.82) is 0 Å². The smallest absolute Gasteiger partial charge is 0.152 e. The van der Waals surface area contributed by atoms with E-state index in [2.05, 4.69) is 18.9 Å². The Bertz CT molecular complexity index is 848. The highest BCUT2D eigenvalue weighted by Crippen LogP contribution is 2.31. The lowest BCUT2D eigenvalue weighted by atomic mass is 9.94. The van der Waals surface area contributed by atoms with Crippen LogP contribution in [0, 0.1) is 12.7 Å². The maximum absolute atomic E-state index is 13.2. The Morgan fingerprint density at radius 1 is 1.14 bits per heavy atom. The molecule has 0 saturated carbocycles. The topological polar surface area (TPSA) is 34.4 Å². The van der Waals surface area contributed by atoms with E-state index in [1.165, 1.54) is 12.1 Å². The quantitative estimate of drug-likeness (QED) is 0.672. The van der Waals surface area contributed by atoms with Crippen LogP contribution in [0.4, 0.5) is 4.39 Å². The molecule has 0 fully saturated rings. The summed E-state index contributed by atoms with van der Waals surface area (Å²) in [5.41, 5.74) is 4.81. The Morgan fingerprint density at radius 2 is 1.82 bits per heavy atom. The van der Waals surface area contributed by atoms with E-state index in [-0.39, 0.29) is 11.7 Å². The van der Waals surface area contributed by atoms with Gasteiger partial charge in [0.05, 0.1) is 5.52 Å². The van der Waals surface area contributed by atoms with Gasteiger partial charge in [-0.25, -0.2) is 8.91 Å². The molecule has 0 aliphatic heterocycles. The second kappa shape index (κ2) is 5.37. The lowest BCUT2D eigenvalue weighted by molar-refractivity contribution is 0.112. The molecule has 2 aromatic heterocycles. The molecule has 0 amide bonds. The summed E-state index contributed by atoms with van der Waals surface area (Å²) in [5, 5.41) is 4.61. The fraction of sp³-hybridized carbons (Fsp3) is 0.222. The van der Waals surface area contributed by atoms with Gasteiger partial charge in [-0.15, -0.1) is 0 Å². The van der Waals surface area contributed by atoms with Crippen LogP contribution in [-0.4, -0.2) is 15.9 Å². The Labute approximate surface area is 128 Å². The summed E-state index contributed by atoms with van der Waals surface area (Å²) < 4.78 is 15.0. The molecular formula is C18H17FN2O. The summed E-state index contributed by atoms with van der Waals surface area (Å²) in [6.07, 6.45) is 0.851. The van der Waals surface area contributed by atoms with Gasteiger partial charge in [-0.2, -0.15) is 5.10 Å². The fourth-order valence-electron chi connectivity index (χ4n) is 2.83. The fourth-order valence-corrected chi connectivity index (χ4v) is 2.83. The summed E-state index contributed by atoms with van der Waals surface area (Å²) >= 11 is 0. The second-order valence-electron chi connectivity index (χ2n) is 5.73. The van der Waals surface area contributed by atoms with Crippen LogP contribution in [0.2, 0.25) is 0 Å². The number of rotatable bonds is 3. The third-order valence-electron chi connectivity index (χ3n) is 3.88. The van der Waals surface area contributed by atoms with Gasteiger partial charge in [0.1, 0.15) is 11.5 Å². The average Bonchev–Trinajstić information content (AvgIpc) is 2.87. The minimum Gasteiger partial charge on any atom is -0.298 e. The van der Waals surface area contributed by atoms with Gasteiger partial charge in [0, 0.05) is 16.8 Å². The number of aryl methyl sites for hydroxylation is 1. The molecule has 0 atom stereocenters. The van der Waals surface area contributed by atoms with Crippen LogP contribution in [0.25, 0.3) is 16.8 Å². The van der Waals surface area contributed by atoms with E-state index in [9.17, 15) is 9.18 Å². The van der Waals surface area contributed by atoms with E-state index >= 15 is 0 Å². The molecule has 0 N–H and O–H groups in total. The van der Waals surface area contributed by atoms with Gasteiger partial charge >= 0.3 is 0 Å². The largest absolute Gasteiger partial charge is 0.298 e. The third-order valence-corrected chi connectivity index (χ3v) is 3.88. The summed E-state index contributed by atoms with van der Waals surface area (Å²) in [6, 6.07) is 10.0. The molecule has 0 unspecified atom stereocenters. The Kier molecular flexibility index (Phi) is 3.53. The van der Waals surface area contributed by atoms with Gasteiger partial charge in [0.25, 0.3) is 0 Å². The first-order valence-corrected chi connectivity index (χ1v) is 7.26. The first kappa shape index (κ1) is 14.4. The molecule has 0 radical (unpaired) electrons.